The van der Waals surface area contributed by atoms with Crippen LogP contribution >= 0.6 is 0 Å². The molecule has 0 bridgehead atoms. The monoisotopic (exact) mass is 170 g/mol. The lowest BCUT2D eigenvalue weighted by Gasteiger charge is -2.04. The zero-order chi connectivity index (χ0) is 8.81. The van der Waals surface area contributed by atoms with Gasteiger partial charge in [0.15, 0.2) is 0 Å². The van der Waals surface area contributed by atoms with Gasteiger partial charge in [0.05, 0.1) is 19.8 Å². The Morgan fingerprint density at radius 1 is 1.75 bits per heavy atom. The van der Waals surface area contributed by atoms with Gasteiger partial charge in [-0.3, -0.25) is 0 Å². The third-order valence-corrected chi connectivity index (χ3v) is 2.01. The quantitative estimate of drug-likeness (QED) is 0.462. The van der Waals surface area contributed by atoms with Crippen molar-refractivity contribution < 1.29 is 14.3 Å². The van der Waals surface area contributed by atoms with Crippen molar-refractivity contribution in [3.63, 3.8) is 0 Å². The fourth-order valence-corrected chi connectivity index (χ4v) is 1.30. The van der Waals surface area contributed by atoms with Crippen LogP contribution in [0, 0.1) is 5.92 Å². The van der Waals surface area contributed by atoms with Gasteiger partial charge in [0.2, 0.25) is 0 Å². The Kier molecular flexibility index (Phi) is 3.97. The Balaban J connectivity index is 2.44. The maximum atomic E-state index is 10.3. The Morgan fingerprint density at radius 2 is 2.58 bits per heavy atom. The zero-order valence-electron chi connectivity index (χ0n) is 7.29. The molecule has 1 rings (SSSR count). The normalized spacial score (nSPS) is 26.4. The van der Waals surface area contributed by atoms with Crippen LogP contribution < -0.4 is 0 Å². The summed E-state index contributed by atoms with van der Waals surface area (Å²) in [4.78, 5) is 10.3. The summed E-state index contributed by atoms with van der Waals surface area (Å²) in [6, 6.07) is 0. The number of carbonyl (C=O) groups is 1. The van der Waals surface area contributed by atoms with E-state index >= 15 is 0 Å². The molecule has 1 unspecified atom stereocenters. The third kappa shape index (κ3) is 2.43. The van der Waals surface area contributed by atoms with Gasteiger partial charge >= 0.3 is 0 Å². The first-order valence-electron chi connectivity index (χ1n) is 4.07. The molecule has 1 aliphatic rings. The smallest absolute Gasteiger partial charge is 0.120 e. The van der Waals surface area contributed by atoms with E-state index in [-0.39, 0.29) is 5.92 Å². The molecule has 3 heteroatoms. The Bertz CT molecular complexity index is 175. The molecular weight excluding hydrogens is 156 g/mol. The van der Waals surface area contributed by atoms with Gasteiger partial charge in [0.1, 0.15) is 6.29 Å². The number of carbonyl (C=O) groups excluding carboxylic acids is 1. The fraction of sp³-hybridized carbons (Fsp3) is 0.667. The number of aldehydes is 1. The highest BCUT2D eigenvalue weighted by Gasteiger charge is 2.20. The average Bonchev–Trinajstić information content (AvgIpc) is 2.50. The van der Waals surface area contributed by atoms with Crippen LogP contribution in [0.4, 0.5) is 0 Å². The molecule has 0 aliphatic carbocycles. The van der Waals surface area contributed by atoms with Gasteiger partial charge < -0.3 is 14.3 Å². The minimum atomic E-state index is 0.289. The summed E-state index contributed by atoms with van der Waals surface area (Å²) >= 11 is 0. The largest absolute Gasteiger partial charge is 0.381 e. The Labute approximate surface area is 72.4 Å². The van der Waals surface area contributed by atoms with E-state index in [4.69, 9.17) is 9.47 Å². The van der Waals surface area contributed by atoms with Gasteiger partial charge in [-0.05, 0) is 5.57 Å². The SMILES string of the molecule is COC/C=C1\COCC1CC=O. The van der Waals surface area contributed by atoms with E-state index < -0.39 is 0 Å². The lowest BCUT2D eigenvalue weighted by Crippen LogP contribution is -2.03. The zero-order valence-corrected chi connectivity index (χ0v) is 7.29. The highest BCUT2D eigenvalue weighted by Crippen LogP contribution is 2.21. The molecule has 1 aliphatic heterocycles. The van der Waals surface area contributed by atoms with E-state index in [0.717, 1.165) is 6.29 Å². The second kappa shape index (κ2) is 5.06. The molecule has 1 atom stereocenters. The molecule has 0 spiro atoms. The van der Waals surface area contributed by atoms with Crippen molar-refractivity contribution in [2.45, 2.75) is 6.42 Å². The van der Waals surface area contributed by atoms with Crippen LogP contribution in [0.15, 0.2) is 11.6 Å². The highest BCUT2D eigenvalue weighted by molar-refractivity contribution is 5.51. The highest BCUT2D eigenvalue weighted by atomic mass is 16.5. The molecule has 0 radical (unpaired) electrons. The number of methoxy groups -OCH3 is 1. The second-order valence-corrected chi connectivity index (χ2v) is 2.85. The molecule has 1 saturated heterocycles. The molecule has 0 amide bonds. The van der Waals surface area contributed by atoms with Gasteiger partial charge in [-0.15, -0.1) is 0 Å². The molecule has 1 heterocycles. The van der Waals surface area contributed by atoms with Crippen LogP contribution in [0.1, 0.15) is 6.42 Å². The fourth-order valence-electron chi connectivity index (χ4n) is 1.30. The lowest BCUT2D eigenvalue weighted by molar-refractivity contribution is -0.108. The number of hydrogen-bond donors (Lipinski definition) is 0. The third-order valence-electron chi connectivity index (χ3n) is 2.01. The molecule has 0 saturated carbocycles. The first-order chi connectivity index (χ1) is 5.88. The molecule has 0 aromatic heterocycles. The lowest BCUT2D eigenvalue weighted by atomic mass is 10.00. The number of ether oxygens (including phenoxy) is 2. The molecule has 0 aromatic rings. The maximum Gasteiger partial charge on any atom is 0.120 e. The molecule has 3 nitrogen and oxygen atoms in total. The minimum Gasteiger partial charge on any atom is -0.381 e. The topological polar surface area (TPSA) is 35.5 Å². The Morgan fingerprint density at radius 3 is 3.25 bits per heavy atom. The van der Waals surface area contributed by atoms with Crippen molar-refractivity contribution in [2.24, 2.45) is 5.92 Å². The first-order valence-corrected chi connectivity index (χ1v) is 4.07. The van der Waals surface area contributed by atoms with Crippen LogP contribution in [0.2, 0.25) is 0 Å². The van der Waals surface area contributed by atoms with E-state index in [1.807, 2.05) is 6.08 Å². The van der Waals surface area contributed by atoms with Crippen molar-refractivity contribution in [3.8, 4) is 0 Å². The van der Waals surface area contributed by atoms with Crippen LogP contribution in [0.5, 0.6) is 0 Å². The van der Waals surface area contributed by atoms with E-state index in [1.165, 1.54) is 5.57 Å². The summed E-state index contributed by atoms with van der Waals surface area (Å²) < 4.78 is 10.1. The van der Waals surface area contributed by atoms with Gasteiger partial charge in [-0.2, -0.15) is 0 Å². The maximum absolute atomic E-state index is 10.3. The number of hydrogen-bond acceptors (Lipinski definition) is 3. The molecule has 12 heavy (non-hydrogen) atoms. The molecular formula is C9H14O3. The van der Waals surface area contributed by atoms with E-state index in [1.54, 1.807) is 7.11 Å². The summed E-state index contributed by atoms with van der Waals surface area (Å²) in [6.45, 7) is 1.93. The van der Waals surface area contributed by atoms with Crippen LogP contribution in [-0.4, -0.2) is 33.2 Å². The van der Waals surface area contributed by atoms with Crippen molar-refractivity contribution in [2.75, 3.05) is 26.9 Å². The van der Waals surface area contributed by atoms with Gasteiger partial charge in [0.25, 0.3) is 0 Å². The van der Waals surface area contributed by atoms with Crippen molar-refractivity contribution in [3.05, 3.63) is 11.6 Å². The van der Waals surface area contributed by atoms with Crippen LogP contribution in [0.25, 0.3) is 0 Å². The van der Waals surface area contributed by atoms with Crippen LogP contribution in [0.3, 0.4) is 0 Å². The summed E-state index contributed by atoms with van der Waals surface area (Å²) in [5, 5.41) is 0. The first kappa shape index (κ1) is 9.42. The van der Waals surface area contributed by atoms with Crippen molar-refractivity contribution in [1.82, 2.24) is 0 Å². The van der Waals surface area contributed by atoms with E-state index in [0.29, 0.717) is 26.2 Å². The van der Waals surface area contributed by atoms with Gasteiger partial charge in [0, 0.05) is 19.4 Å². The summed E-state index contributed by atoms with van der Waals surface area (Å²) in [7, 11) is 1.65. The molecule has 68 valence electrons. The van der Waals surface area contributed by atoms with E-state index in [2.05, 4.69) is 0 Å². The minimum absolute atomic E-state index is 0.289. The van der Waals surface area contributed by atoms with Crippen LogP contribution in [-0.2, 0) is 14.3 Å². The summed E-state index contributed by atoms with van der Waals surface area (Å²) in [6.07, 6.45) is 3.51. The van der Waals surface area contributed by atoms with Gasteiger partial charge in [-0.1, -0.05) is 6.08 Å². The number of rotatable bonds is 4. The van der Waals surface area contributed by atoms with Crippen molar-refractivity contribution in [1.29, 1.82) is 0 Å². The standard InChI is InChI=1S/C9H14O3/c1-11-5-3-9-7-12-6-8(9)2-4-10/h3-4,8H,2,5-7H2,1H3/b9-3+. The second-order valence-electron chi connectivity index (χ2n) is 2.85. The molecule has 0 aromatic carbocycles. The molecule has 0 N–H and O–H groups in total. The predicted octanol–water partition coefficient (Wildman–Crippen LogP) is 0.795. The average molecular weight is 170 g/mol. The molecule has 1 fully saturated rings. The van der Waals surface area contributed by atoms with Gasteiger partial charge in [-0.25, -0.2) is 0 Å². The Hall–Kier alpha value is -0.670. The van der Waals surface area contributed by atoms with Crippen molar-refractivity contribution >= 4 is 6.29 Å². The van der Waals surface area contributed by atoms with E-state index in [9.17, 15) is 4.79 Å². The summed E-state index contributed by atoms with van der Waals surface area (Å²) in [5.74, 6) is 0.289. The summed E-state index contributed by atoms with van der Waals surface area (Å²) in [5.41, 5.74) is 1.20. The predicted molar refractivity (Wildman–Crippen MR) is 44.9 cm³/mol.